The highest BCUT2D eigenvalue weighted by molar-refractivity contribution is 7.72. The molecule has 0 saturated heterocycles. The van der Waals surface area contributed by atoms with Crippen LogP contribution in [0, 0.1) is 0 Å². The second-order valence-electron chi connectivity index (χ2n) is 6.02. The molecule has 0 bridgehead atoms. The lowest BCUT2D eigenvalue weighted by Gasteiger charge is -2.10. The second-order valence-corrected chi connectivity index (χ2v) is 7.05. The molecule has 7 nitrogen and oxygen atoms in total. The van der Waals surface area contributed by atoms with Crippen molar-refractivity contribution in [3.63, 3.8) is 0 Å². The number of hydrogen-bond acceptors (Lipinski definition) is 6. The lowest BCUT2D eigenvalue weighted by molar-refractivity contribution is 0.0945. The summed E-state index contributed by atoms with van der Waals surface area (Å²) in [5.74, 6) is 0.0248. The smallest absolute Gasteiger partial charge is 0.251 e. The third-order valence-corrected chi connectivity index (χ3v) is 4.88. The Kier molecular flexibility index (Phi) is 6.03. The van der Waals surface area contributed by atoms with Gasteiger partial charge in [-0.25, -0.2) is 13.4 Å². The SMILES string of the molecule is Nc1ncc(-c2ccc([SH](=O)=O)cc2)cc1-c1cccc(C(=O)NCCO)c1. The van der Waals surface area contributed by atoms with Gasteiger partial charge in [0.15, 0.2) is 10.7 Å². The number of hydrogen-bond donors (Lipinski definition) is 4. The van der Waals surface area contributed by atoms with E-state index in [4.69, 9.17) is 10.8 Å². The van der Waals surface area contributed by atoms with Crippen molar-refractivity contribution in [1.82, 2.24) is 10.3 Å². The topological polar surface area (TPSA) is 122 Å². The number of nitrogen functional groups attached to an aromatic ring is 1. The Morgan fingerprint density at radius 1 is 1.04 bits per heavy atom. The van der Waals surface area contributed by atoms with Gasteiger partial charge in [0.1, 0.15) is 5.82 Å². The Labute approximate surface area is 163 Å². The maximum Gasteiger partial charge on any atom is 0.251 e. The van der Waals surface area contributed by atoms with Crippen LogP contribution in [0.3, 0.4) is 0 Å². The zero-order chi connectivity index (χ0) is 20.1. The molecule has 8 heteroatoms. The molecule has 1 amide bonds. The average molecular weight is 397 g/mol. The summed E-state index contributed by atoms with van der Waals surface area (Å²) in [7, 11) is -2.63. The lowest BCUT2D eigenvalue weighted by atomic mass is 9.99. The van der Waals surface area contributed by atoms with Crippen molar-refractivity contribution >= 4 is 22.4 Å². The van der Waals surface area contributed by atoms with Crippen molar-refractivity contribution in [2.24, 2.45) is 0 Å². The van der Waals surface area contributed by atoms with Gasteiger partial charge >= 0.3 is 0 Å². The first-order valence-electron chi connectivity index (χ1n) is 8.49. The van der Waals surface area contributed by atoms with Crippen LogP contribution in [0.4, 0.5) is 5.82 Å². The third-order valence-electron chi connectivity index (χ3n) is 4.16. The predicted molar refractivity (Wildman–Crippen MR) is 108 cm³/mol. The molecule has 1 aromatic heterocycles. The van der Waals surface area contributed by atoms with Gasteiger partial charge in [0.05, 0.1) is 11.5 Å². The third kappa shape index (κ3) is 4.36. The Morgan fingerprint density at radius 2 is 1.79 bits per heavy atom. The molecule has 1 heterocycles. The molecule has 0 radical (unpaired) electrons. The molecule has 0 unspecified atom stereocenters. The minimum atomic E-state index is -2.63. The normalized spacial score (nSPS) is 10.8. The Bertz CT molecular complexity index is 1070. The number of aliphatic hydroxyl groups excluding tert-OH is 1. The van der Waals surface area contributed by atoms with Crippen LogP contribution in [-0.2, 0) is 10.7 Å². The summed E-state index contributed by atoms with van der Waals surface area (Å²) in [4.78, 5) is 16.6. The summed E-state index contributed by atoms with van der Waals surface area (Å²) >= 11 is 0. The molecule has 0 spiro atoms. The molecule has 3 rings (SSSR count). The number of aliphatic hydroxyl groups is 1. The van der Waals surface area contributed by atoms with E-state index < -0.39 is 10.7 Å². The molecule has 0 saturated carbocycles. The molecule has 4 N–H and O–H groups in total. The van der Waals surface area contributed by atoms with E-state index in [2.05, 4.69) is 10.3 Å². The van der Waals surface area contributed by atoms with Crippen LogP contribution >= 0.6 is 0 Å². The van der Waals surface area contributed by atoms with E-state index in [1.54, 1.807) is 36.5 Å². The number of amides is 1. The Morgan fingerprint density at radius 3 is 2.46 bits per heavy atom. The summed E-state index contributed by atoms with van der Waals surface area (Å²) in [5, 5.41) is 11.5. The first kappa shape index (κ1) is 19.5. The monoisotopic (exact) mass is 397 g/mol. The first-order chi connectivity index (χ1) is 13.5. The van der Waals surface area contributed by atoms with E-state index in [1.165, 1.54) is 12.1 Å². The quantitative estimate of drug-likeness (QED) is 0.470. The van der Waals surface area contributed by atoms with E-state index in [-0.39, 0.29) is 24.0 Å². The fourth-order valence-corrected chi connectivity index (χ4v) is 3.13. The van der Waals surface area contributed by atoms with Gasteiger partial charge in [-0.15, -0.1) is 0 Å². The van der Waals surface area contributed by atoms with E-state index in [9.17, 15) is 13.2 Å². The van der Waals surface area contributed by atoms with Crippen molar-refractivity contribution in [3.8, 4) is 22.3 Å². The van der Waals surface area contributed by atoms with Crippen molar-refractivity contribution in [1.29, 1.82) is 0 Å². The number of carbonyl (C=O) groups is 1. The predicted octanol–water partition coefficient (Wildman–Crippen LogP) is 1.69. The number of nitrogens with zero attached hydrogens (tertiary/aromatic N) is 1. The molecule has 28 heavy (non-hydrogen) atoms. The standard InChI is InChI=1S/C20H19N3O4S/c21-19-18(14-2-1-3-15(10-14)20(25)22-8-9-24)11-16(12-23-19)13-4-6-17(7-5-13)28(26)27/h1-7,10-12,24,28H,8-9H2,(H2,21,23)(H,22,25). The largest absolute Gasteiger partial charge is 0.395 e. The highest BCUT2D eigenvalue weighted by Crippen LogP contribution is 2.30. The first-order valence-corrected chi connectivity index (χ1v) is 9.67. The second kappa shape index (κ2) is 8.64. The van der Waals surface area contributed by atoms with Gasteiger partial charge in [0, 0.05) is 29.4 Å². The molecule has 0 atom stereocenters. The van der Waals surface area contributed by atoms with Crippen molar-refractivity contribution in [3.05, 3.63) is 66.4 Å². The van der Waals surface area contributed by atoms with Crippen molar-refractivity contribution < 1.29 is 18.3 Å². The highest BCUT2D eigenvalue weighted by atomic mass is 32.2. The summed E-state index contributed by atoms with van der Waals surface area (Å²) in [6.07, 6.45) is 1.61. The van der Waals surface area contributed by atoms with E-state index in [0.717, 1.165) is 16.7 Å². The molecule has 2 aromatic carbocycles. The van der Waals surface area contributed by atoms with Crippen LogP contribution in [0.15, 0.2) is 65.7 Å². The number of nitrogens with two attached hydrogens (primary N) is 1. The number of anilines is 1. The number of aromatic nitrogens is 1. The number of rotatable bonds is 6. The summed E-state index contributed by atoms with van der Waals surface area (Å²) in [6.45, 7) is 0.0386. The zero-order valence-corrected chi connectivity index (χ0v) is 15.7. The van der Waals surface area contributed by atoms with Crippen LogP contribution < -0.4 is 11.1 Å². The number of benzene rings is 2. The van der Waals surface area contributed by atoms with Gasteiger partial charge in [-0.2, -0.15) is 0 Å². The van der Waals surface area contributed by atoms with E-state index in [1.807, 2.05) is 12.1 Å². The molecular formula is C20H19N3O4S. The molecule has 0 fully saturated rings. The Hall–Kier alpha value is -3.23. The fraction of sp³-hybridized carbons (Fsp3) is 0.100. The van der Waals surface area contributed by atoms with Crippen LogP contribution in [0.2, 0.25) is 0 Å². The van der Waals surface area contributed by atoms with Gasteiger partial charge in [-0.1, -0.05) is 24.3 Å². The summed E-state index contributed by atoms with van der Waals surface area (Å²) < 4.78 is 22.1. The van der Waals surface area contributed by atoms with Crippen LogP contribution in [-0.4, -0.2) is 37.6 Å². The summed E-state index contributed by atoms with van der Waals surface area (Å²) in [6, 6.07) is 15.3. The number of carbonyl (C=O) groups excluding carboxylic acids is 1. The molecule has 0 aliphatic carbocycles. The number of nitrogens with one attached hydrogen (secondary N) is 1. The van der Waals surface area contributed by atoms with Crippen LogP contribution in [0.5, 0.6) is 0 Å². The minimum Gasteiger partial charge on any atom is -0.395 e. The van der Waals surface area contributed by atoms with E-state index in [0.29, 0.717) is 16.9 Å². The highest BCUT2D eigenvalue weighted by Gasteiger charge is 2.11. The number of pyridine rings is 1. The van der Waals surface area contributed by atoms with Gasteiger partial charge in [0.2, 0.25) is 0 Å². The van der Waals surface area contributed by atoms with Gasteiger partial charge in [0.25, 0.3) is 5.91 Å². The number of thiol groups is 1. The minimum absolute atomic E-state index is 0.135. The van der Waals surface area contributed by atoms with Gasteiger partial charge in [-0.3, -0.25) is 4.79 Å². The van der Waals surface area contributed by atoms with Crippen molar-refractivity contribution in [2.45, 2.75) is 4.90 Å². The van der Waals surface area contributed by atoms with Gasteiger partial charge in [-0.05, 0) is 41.5 Å². The Balaban J connectivity index is 1.97. The maximum atomic E-state index is 12.1. The summed E-state index contributed by atoms with van der Waals surface area (Å²) in [5.41, 5.74) is 9.44. The fourth-order valence-electron chi connectivity index (χ4n) is 2.74. The molecular weight excluding hydrogens is 378 g/mol. The maximum absolute atomic E-state index is 12.1. The van der Waals surface area contributed by atoms with E-state index >= 15 is 0 Å². The van der Waals surface area contributed by atoms with Gasteiger partial charge < -0.3 is 16.2 Å². The van der Waals surface area contributed by atoms with Crippen LogP contribution in [0.1, 0.15) is 10.4 Å². The molecule has 0 aliphatic heterocycles. The lowest BCUT2D eigenvalue weighted by Crippen LogP contribution is -2.26. The van der Waals surface area contributed by atoms with Crippen molar-refractivity contribution in [2.75, 3.05) is 18.9 Å². The molecule has 3 aromatic rings. The zero-order valence-electron chi connectivity index (χ0n) is 14.8. The average Bonchev–Trinajstić information content (AvgIpc) is 2.72. The molecule has 0 aliphatic rings. The molecule has 144 valence electrons. The van der Waals surface area contributed by atoms with Crippen LogP contribution in [0.25, 0.3) is 22.3 Å².